The molecule has 0 aliphatic heterocycles. The molecule has 1 atom stereocenters. The molecule has 1 unspecified atom stereocenters. The summed E-state index contributed by atoms with van der Waals surface area (Å²) in [6, 6.07) is 6.26. The molecule has 0 saturated carbocycles. The standard InChI is InChI=1S/C14H22FNO/c1-11(2)7-9-17-10-8-14(16)12-3-5-13(15)6-4-12/h3-6,11,14H,7-10,16H2,1-2H3. The predicted molar refractivity (Wildman–Crippen MR) is 68.2 cm³/mol. The largest absolute Gasteiger partial charge is 0.381 e. The second kappa shape index (κ2) is 7.41. The maximum Gasteiger partial charge on any atom is 0.123 e. The Morgan fingerprint density at radius 3 is 2.29 bits per heavy atom. The third kappa shape index (κ3) is 5.80. The number of rotatable bonds is 7. The fourth-order valence-corrected chi connectivity index (χ4v) is 1.51. The Hall–Kier alpha value is -0.930. The van der Waals surface area contributed by atoms with Gasteiger partial charge in [-0.3, -0.25) is 0 Å². The Morgan fingerprint density at radius 2 is 1.71 bits per heavy atom. The number of hydrogen-bond donors (Lipinski definition) is 1. The van der Waals surface area contributed by atoms with E-state index in [1.165, 1.54) is 12.1 Å². The van der Waals surface area contributed by atoms with Gasteiger partial charge in [0.15, 0.2) is 0 Å². The maximum absolute atomic E-state index is 12.7. The Balaban J connectivity index is 2.21. The van der Waals surface area contributed by atoms with E-state index in [1.54, 1.807) is 12.1 Å². The van der Waals surface area contributed by atoms with Crippen LogP contribution in [0.3, 0.4) is 0 Å². The first-order valence-electron chi connectivity index (χ1n) is 6.18. The quantitative estimate of drug-likeness (QED) is 0.741. The number of ether oxygens (including phenoxy) is 1. The van der Waals surface area contributed by atoms with E-state index in [2.05, 4.69) is 13.8 Å². The highest BCUT2D eigenvalue weighted by Gasteiger charge is 2.05. The van der Waals surface area contributed by atoms with Gasteiger partial charge in [0.05, 0.1) is 0 Å². The van der Waals surface area contributed by atoms with Gasteiger partial charge in [0.25, 0.3) is 0 Å². The fourth-order valence-electron chi connectivity index (χ4n) is 1.51. The average Bonchev–Trinajstić information content (AvgIpc) is 2.29. The molecule has 1 aromatic carbocycles. The molecule has 0 heterocycles. The molecule has 0 amide bonds. The summed E-state index contributed by atoms with van der Waals surface area (Å²) in [5.41, 5.74) is 6.94. The van der Waals surface area contributed by atoms with Crippen molar-refractivity contribution < 1.29 is 9.13 Å². The van der Waals surface area contributed by atoms with Gasteiger partial charge in [0, 0.05) is 19.3 Å². The lowest BCUT2D eigenvalue weighted by molar-refractivity contribution is 0.117. The van der Waals surface area contributed by atoms with E-state index in [0.29, 0.717) is 12.5 Å². The highest BCUT2D eigenvalue weighted by atomic mass is 19.1. The van der Waals surface area contributed by atoms with Crippen LogP contribution < -0.4 is 5.73 Å². The van der Waals surface area contributed by atoms with Crippen molar-refractivity contribution in [1.82, 2.24) is 0 Å². The van der Waals surface area contributed by atoms with Gasteiger partial charge >= 0.3 is 0 Å². The first-order chi connectivity index (χ1) is 8.09. The van der Waals surface area contributed by atoms with E-state index >= 15 is 0 Å². The van der Waals surface area contributed by atoms with E-state index in [4.69, 9.17) is 10.5 Å². The highest BCUT2D eigenvalue weighted by Crippen LogP contribution is 2.14. The third-order valence-electron chi connectivity index (χ3n) is 2.71. The average molecular weight is 239 g/mol. The van der Waals surface area contributed by atoms with E-state index in [9.17, 15) is 4.39 Å². The van der Waals surface area contributed by atoms with Gasteiger partial charge in [-0.05, 0) is 36.5 Å². The van der Waals surface area contributed by atoms with Crippen LogP contribution in [0.4, 0.5) is 4.39 Å². The number of hydrogen-bond acceptors (Lipinski definition) is 2. The lowest BCUT2D eigenvalue weighted by Gasteiger charge is -2.12. The third-order valence-corrected chi connectivity index (χ3v) is 2.71. The molecule has 0 aromatic heterocycles. The number of halogens is 1. The minimum absolute atomic E-state index is 0.0744. The van der Waals surface area contributed by atoms with Crippen LogP contribution in [0.25, 0.3) is 0 Å². The topological polar surface area (TPSA) is 35.2 Å². The summed E-state index contributed by atoms with van der Waals surface area (Å²) in [5.74, 6) is 0.440. The SMILES string of the molecule is CC(C)CCOCCC(N)c1ccc(F)cc1. The Kier molecular flexibility index (Phi) is 6.16. The maximum atomic E-state index is 12.7. The summed E-state index contributed by atoms with van der Waals surface area (Å²) in [6.07, 6.45) is 1.84. The molecule has 0 bridgehead atoms. The van der Waals surface area contributed by atoms with Crippen LogP contribution in [-0.4, -0.2) is 13.2 Å². The summed E-state index contributed by atoms with van der Waals surface area (Å²) in [4.78, 5) is 0. The highest BCUT2D eigenvalue weighted by molar-refractivity contribution is 5.19. The minimum Gasteiger partial charge on any atom is -0.381 e. The summed E-state index contributed by atoms with van der Waals surface area (Å²) < 4.78 is 18.2. The first-order valence-corrected chi connectivity index (χ1v) is 6.18. The number of benzene rings is 1. The van der Waals surface area contributed by atoms with Crippen molar-refractivity contribution in [3.8, 4) is 0 Å². The van der Waals surface area contributed by atoms with E-state index in [0.717, 1.165) is 25.0 Å². The monoisotopic (exact) mass is 239 g/mol. The van der Waals surface area contributed by atoms with E-state index < -0.39 is 0 Å². The molecule has 0 radical (unpaired) electrons. The molecule has 3 heteroatoms. The molecule has 1 aromatic rings. The van der Waals surface area contributed by atoms with Gasteiger partial charge in [-0.25, -0.2) is 4.39 Å². The molecule has 0 aliphatic carbocycles. The lowest BCUT2D eigenvalue weighted by atomic mass is 10.1. The number of nitrogens with two attached hydrogens (primary N) is 1. The smallest absolute Gasteiger partial charge is 0.123 e. The zero-order chi connectivity index (χ0) is 12.7. The van der Waals surface area contributed by atoms with Gasteiger partial charge in [0.1, 0.15) is 5.82 Å². The summed E-state index contributed by atoms with van der Waals surface area (Å²) in [7, 11) is 0. The van der Waals surface area contributed by atoms with Crippen LogP contribution in [0.2, 0.25) is 0 Å². The van der Waals surface area contributed by atoms with Gasteiger partial charge < -0.3 is 10.5 Å². The summed E-state index contributed by atoms with van der Waals surface area (Å²) in [5, 5.41) is 0. The molecule has 1 rings (SSSR count). The van der Waals surface area contributed by atoms with Crippen LogP contribution >= 0.6 is 0 Å². The van der Waals surface area contributed by atoms with E-state index in [-0.39, 0.29) is 11.9 Å². The molecule has 0 spiro atoms. The van der Waals surface area contributed by atoms with Crippen molar-refractivity contribution in [3.63, 3.8) is 0 Å². The molecule has 0 saturated heterocycles. The Bertz CT molecular complexity index is 311. The molecule has 2 N–H and O–H groups in total. The normalized spacial score (nSPS) is 13.0. The predicted octanol–water partition coefficient (Wildman–Crippen LogP) is 3.28. The van der Waals surface area contributed by atoms with Crippen molar-refractivity contribution in [2.45, 2.75) is 32.7 Å². The van der Waals surface area contributed by atoms with Crippen LogP contribution in [0.5, 0.6) is 0 Å². The molecule has 0 aliphatic rings. The van der Waals surface area contributed by atoms with Crippen LogP contribution in [0, 0.1) is 11.7 Å². The van der Waals surface area contributed by atoms with Gasteiger partial charge in [-0.2, -0.15) is 0 Å². The molecule has 17 heavy (non-hydrogen) atoms. The van der Waals surface area contributed by atoms with Crippen LogP contribution in [0.15, 0.2) is 24.3 Å². The molecule has 2 nitrogen and oxygen atoms in total. The molecule has 96 valence electrons. The summed E-state index contributed by atoms with van der Waals surface area (Å²) in [6.45, 7) is 5.79. The zero-order valence-electron chi connectivity index (χ0n) is 10.7. The van der Waals surface area contributed by atoms with Crippen molar-refractivity contribution in [2.75, 3.05) is 13.2 Å². The van der Waals surface area contributed by atoms with Crippen molar-refractivity contribution in [2.24, 2.45) is 11.7 Å². The van der Waals surface area contributed by atoms with Gasteiger partial charge in [-0.1, -0.05) is 26.0 Å². The van der Waals surface area contributed by atoms with E-state index in [1.807, 2.05) is 0 Å². The Morgan fingerprint density at radius 1 is 1.12 bits per heavy atom. The van der Waals surface area contributed by atoms with Crippen molar-refractivity contribution in [3.05, 3.63) is 35.6 Å². The molecule has 0 fully saturated rings. The molecular weight excluding hydrogens is 217 g/mol. The van der Waals surface area contributed by atoms with Crippen LogP contribution in [0.1, 0.15) is 38.3 Å². The van der Waals surface area contributed by atoms with Crippen molar-refractivity contribution >= 4 is 0 Å². The summed E-state index contributed by atoms with van der Waals surface area (Å²) >= 11 is 0. The molecular formula is C14H22FNO. The second-order valence-corrected chi connectivity index (χ2v) is 4.74. The van der Waals surface area contributed by atoms with Crippen molar-refractivity contribution in [1.29, 1.82) is 0 Å². The van der Waals surface area contributed by atoms with Gasteiger partial charge in [0.2, 0.25) is 0 Å². The lowest BCUT2D eigenvalue weighted by Crippen LogP contribution is -2.13. The Labute approximate surface area is 103 Å². The second-order valence-electron chi connectivity index (χ2n) is 4.74. The van der Waals surface area contributed by atoms with Crippen LogP contribution in [-0.2, 0) is 4.74 Å². The first kappa shape index (κ1) is 14.1. The zero-order valence-corrected chi connectivity index (χ0v) is 10.7. The fraction of sp³-hybridized carbons (Fsp3) is 0.571. The minimum atomic E-state index is -0.228. The van der Waals surface area contributed by atoms with Gasteiger partial charge in [-0.15, -0.1) is 0 Å².